The van der Waals surface area contributed by atoms with Crippen molar-refractivity contribution in [2.24, 2.45) is 4.99 Å². The number of H-pyrrole nitrogens is 1. The van der Waals surface area contributed by atoms with Crippen LogP contribution in [0.1, 0.15) is 12.5 Å². The quantitative estimate of drug-likeness (QED) is 0.628. The first-order valence-corrected chi connectivity index (χ1v) is 8.85. The van der Waals surface area contributed by atoms with Crippen LogP contribution in [0, 0.1) is 0 Å². The molecule has 2 aromatic carbocycles. The minimum Gasteiger partial charge on any atom is -0.311 e. The van der Waals surface area contributed by atoms with Gasteiger partial charge in [-0.05, 0) is 30.3 Å². The molecule has 3 amide bonds. The number of benzodiazepines with no additional fused rings is 1. The van der Waals surface area contributed by atoms with Gasteiger partial charge in [-0.1, -0.05) is 30.3 Å². The lowest BCUT2D eigenvalue weighted by Gasteiger charge is -2.21. The number of hydrogen-bond donors (Lipinski definition) is 3. The van der Waals surface area contributed by atoms with Crippen molar-refractivity contribution in [3.8, 4) is 11.4 Å². The molecule has 1 atom stereocenters. The Bertz CT molecular complexity index is 1090. The highest BCUT2D eigenvalue weighted by Crippen LogP contribution is 2.24. The molecule has 0 saturated heterocycles. The van der Waals surface area contributed by atoms with Gasteiger partial charge < -0.3 is 15.5 Å². The summed E-state index contributed by atoms with van der Waals surface area (Å²) in [7, 11) is 1.66. The second-order valence-corrected chi connectivity index (χ2v) is 6.45. The molecule has 146 valence electrons. The maximum Gasteiger partial charge on any atom is 0.321 e. The number of aromatic nitrogens is 4. The molecular formula is C19H18N8O2. The highest BCUT2D eigenvalue weighted by Gasteiger charge is 2.29. The molecule has 1 aliphatic rings. The number of para-hydroxylation sites is 1. The van der Waals surface area contributed by atoms with Gasteiger partial charge in [0, 0.05) is 29.6 Å². The molecule has 2 heterocycles. The van der Waals surface area contributed by atoms with Gasteiger partial charge >= 0.3 is 6.03 Å². The number of aromatic amines is 1. The van der Waals surface area contributed by atoms with Gasteiger partial charge in [0.15, 0.2) is 0 Å². The summed E-state index contributed by atoms with van der Waals surface area (Å²) in [5, 5.41) is 19.1. The van der Waals surface area contributed by atoms with E-state index in [1.54, 1.807) is 31.3 Å². The van der Waals surface area contributed by atoms with Crippen LogP contribution < -0.4 is 15.5 Å². The summed E-state index contributed by atoms with van der Waals surface area (Å²) >= 11 is 0. The number of carbonyl (C=O) groups excluding carboxylic acids is 2. The number of urea groups is 1. The Morgan fingerprint density at radius 3 is 2.79 bits per heavy atom. The maximum atomic E-state index is 12.8. The number of fused-ring (bicyclic) bond motifs is 1. The third-order valence-corrected chi connectivity index (χ3v) is 4.53. The van der Waals surface area contributed by atoms with E-state index in [0.717, 1.165) is 11.3 Å². The summed E-state index contributed by atoms with van der Waals surface area (Å²) < 4.78 is 0. The Labute approximate surface area is 166 Å². The first-order chi connectivity index (χ1) is 14.0. The molecule has 1 aromatic heterocycles. The number of nitrogens with one attached hydrogen (secondary N) is 3. The lowest BCUT2D eigenvalue weighted by Crippen LogP contribution is -2.47. The number of carbonyl (C=O) groups is 2. The van der Waals surface area contributed by atoms with E-state index in [-0.39, 0.29) is 5.91 Å². The van der Waals surface area contributed by atoms with Crippen LogP contribution in [-0.2, 0) is 4.79 Å². The van der Waals surface area contributed by atoms with Crippen molar-refractivity contribution in [2.75, 3.05) is 17.3 Å². The second kappa shape index (κ2) is 7.50. The van der Waals surface area contributed by atoms with Crippen molar-refractivity contribution < 1.29 is 9.59 Å². The van der Waals surface area contributed by atoms with Crippen LogP contribution in [0.25, 0.3) is 11.4 Å². The van der Waals surface area contributed by atoms with E-state index in [0.29, 0.717) is 22.8 Å². The third kappa shape index (κ3) is 3.68. The molecule has 0 radical (unpaired) electrons. The average molecular weight is 390 g/mol. The van der Waals surface area contributed by atoms with E-state index in [1.807, 2.05) is 31.2 Å². The molecule has 4 rings (SSSR count). The zero-order valence-electron chi connectivity index (χ0n) is 15.7. The number of nitrogens with zero attached hydrogens (tertiary/aromatic N) is 5. The summed E-state index contributed by atoms with van der Waals surface area (Å²) in [5.41, 5.74) is 3.47. The fourth-order valence-corrected chi connectivity index (χ4v) is 3.10. The fourth-order valence-electron chi connectivity index (χ4n) is 3.10. The highest BCUT2D eigenvalue weighted by atomic mass is 16.2. The van der Waals surface area contributed by atoms with Gasteiger partial charge in [0.25, 0.3) is 5.91 Å². The molecule has 0 aliphatic carbocycles. The number of tetrazole rings is 1. The zero-order chi connectivity index (χ0) is 20.4. The zero-order valence-corrected chi connectivity index (χ0v) is 15.7. The predicted molar refractivity (Wildman–Crippen MR) is 108 cm³/mol. The van der Waals surface area contributed by atoms with Crippen molar-refractivity contribution in [3.05, 3.63) is 54.1 Å². The highest BCUT2D eigenvalue weighted by molar-refractivity contribution is 6.12. The minimum absolute atomic E-state index is 0.329. The molecule has 1 aliphatic heterocycles. The van der Waals surface area contributed by atoms with Crippen LogP contribution in [0.5, 0.6) is 0 Å². The van der Waals surface area contributed by atoms with Crippen LogP contribution >= 0.6 is 0 Å². The van der Waals surface area contributed by atoms with Gasteiger partial charge in [0.05, 0.1) is 5.69 Å². The van der Waals surface area contributed by atoms with Gasteiger partial charge in [-0.2, -0.15) is 5.21 Å². The van der Waals surface area contributed by atoms with Crippen LogP contribution in [0.15, 0.2) is 53.5 Å². The van der Waals surface area contributed by atoms with Crippen LogP contribution in [0.2, 0.25) is 0 Å². The SMILES string of the molecule is CC1=N[C@@H](NC(=O)Nc2cccc(-c3nn[nH]n3)c2)C(=O)N(C)c2ccccc21. The van der Waals surface area contributed by atoms with Gasteiger partial charge in [-0.25, -0.2) is 4.79 Å². The topological polar surface area (TPSA) is 128 Å². The van der Waals surface area contributed by atoms with E-state index in [1.165, 1.54) is 4.90 Å². The Morgan fingerprint density at radius 1 is 1.17 bits per heavy atom. The summed E-state index contributed by atoms with van der Waals surface area (Å²) in [6.45, 7) is 1.81. The molecule has 10 nitrogen and oxygen atoms in total. The number of aliphatic imine (C=N–C) groups is 1. The number of anilines is 2. The smallest absolute Gasteiger partial charge is 0.311 e. The van der Waals surface area contributed by atoms with Crippen LogP contribution in [0.3, 0.4) is 0 Å². The van der Waals surface area contributed by atoms with E-state index in [4.69, 9.17) is 0 Å². The lowest BCUT2D eigenvalue weighted by atomic mass is 10.1. The summed E-state index contributed by atoms with van der Waals surface area (Å²) in [4.78, 5) is 31.2. The number of benzene rings is 2. The Kier molecular flexibility index (Phi) is 4.73. The molecule has 3 N–H and O–H groups in total. The van der Waals surface area contributed by atoms with Crippen molar-refractivity contribution in [1.29, 1.82) is 0 Å². The molecule has 0 spiro atoms. The van der Waals surface area contributed by atoms with E-state index < -0.39 is 12.2 Å². The average Bonchev–Trinajstić information content (AvgIpc) is 3.24. The summed E-state index contributed by atoms with van der Waals surface area (Å²) in [6.07, 6.45) is -1.03. The Balaban J connectivity index is 1.51. The van der Waals surface area contributed by atoms with Gasteiger partial charge in [-0.15, -0.1) is 10.2 Å². The predicted octanol–water partition coefficient (Wildman–Crippen LogP) is 1.80. The monoisotopic (exact) mass is 390 g/mol. The molecule has 0 saturated carbocycles. The summed E-state index contributed by atoms with van der Waals surface area (Å²) in [6, 6.07) is 13.9. The van der Waals surface area contributed by atoms with Crippen LogP contribution in [0.4, 0.5) is 16.2 Å². The Morgan fingerprint density at radius 2 is 2.00 bits per heavy atom. The maximum absolute atomic E-state index is 12.8. The molecule has 10 heteroatoms. The molecule has 0 unspecified atom stereocenters. The number of hydrogen-bond acceptors (Lipinski definition) is 6. The van der Waals surface area contributed by atoms with E-state index in [9.17, 15) is 9.59 Å². The van der Waals surface area contributed by atoms with Crippen molar-refractivity contribution in [2.45, 2.75) is 13.1 Å². The first-order valence-electron chi connectivity index (χ1n) is 8.85. The summed E-state index contributed by atoms with van der Waals surface area (Å²) in [5.74, 6) is 0.0811. The normalized spacial score (nSPS) is 15.9. The number of amides is 3. The first kappa shape index (κ1) is 18.3. The molecular weight excluding hydrogens is 372 g/mol. The third-order valence-electron chi connectivity index (χ3n) is 4.53. The molecule has 29 heavy (non-hydrogen) atoms. The molecule has 3 aromatic rings. The van der Waals surface area contributed by atoms with Gasteiger partial charge in [-0.3, -0.25) is 9.79 Å². The minimum atomic E-state index is -1.03. The molecule has 0 fully saturated rings. The van der Waals surface area contributed by atoms with Crippen molar-refractivity contribution >= 4 is 29.0 Å². The fraction of sp³-hybridized carbons (Fsp3) is 0.158. The van der Waals surface area contributed by atoms with Gasteiger partial charge in [0.1, 0.15) is 0 Å². The Hall–Kier alpha value is -4.08. The number of likely N-dealkylation sites (N-methyl/N-ethyl adjacent to an activating group) is 1. The van der Waals surface area contributed by atoms with Gasteiger partial charge in [0.2, 0.25) is 12.0 Å². The number of rotatable bonds is 3. The molecule has 0 bridgehead atoms. The van der Waals surface area contributed by atoms with E-state index >= 15 is 0 Å². The van der Waals surface area contributed by atoms with Crippen LogP contribution in [-0.4, -0.2) is 51.5 Å². The second-order valence-electron chi connectivity index (χ2n) is 6.45. The lowest BCUT2D eigenvalue weighted by molar-refractivity contribution is -0.119. The van der Waals surface area contributed by atoms with Crippen molar-refractivity contribution in [1.82, 2.24) is 25.9 Å². The standard InChI is InChI=1S/C19H18N8O2/c1-11-14-8-3-4-9-15(14)27(2)18(28)17(20-11)22-19(29)21-13-7-5-6-12(10-13)16-23-25-26-24-16/h3-10,17H,1-2H3,(H2,21,22,29)(H,23,24,25,26)/t17-/m0/s1. The van der Waals surface area contributed by atoms with E-state index in [2.05, 4.69) is 36.3 Å². The largest absolute Gasteiger partial charge is 0.321 e. The van der Waals surface area contributed by atoms with Crippen molar-refractivity contribution in [3.63, 3.8) is 0 Å².